The van der Waals surface area contributed by atoms with Gasteiger partial charge in [0.15, 0.2) is 0 Å². The Hall–Kier alpha value is -1.59. The van der Waals surface area contributed by atoms with Gasteiger partial charge in [-0.3, -0.25) is 9.69 Å². The summed E-state index contributed by atoms with van der Waals surface area (Å²) in [5, 5.41) is 3.56. The zero-order chi connectivity index (χ0) is 15.9. The van der Waals surface area contributed by atoms with Gasteiger partial charge in [0, 0.05) is 11.6 Å². The number of imide groups is 1. The van der Waals surface area contributed by atoms with Crippen LogP contribution in [0.2, 0.25) is 5.02 Å². The number of nitrogens with one attached hydrogen (secondary N) is 1. The fourth-order valence-electron chi connectivity index (χ4n) is 2.97. The van der Waals surface area contributed by atoms with E-state index < -0.39 is 5.54 Å². The number of benzene rings is 1. The molecule has 0 aromatic heterocycles. The van der Waals surface area contributed by atoms with Crippen molar-refractivity contribution in [1.82, 2.24) is 15.1 Å². The summed E-state index contributed by atoms with van der Waals surface area (Å²) in [6.45, 7) is 2.77. The zero-order valence-electron chi connectivity index (χ0n) is 12.8. The highest BCUT2D eigenvalue weighted by Gasteiger charge is 2.55. The summed E-state index contributed by atoms with van der Waals surface area (Å²) in [6, 6.07) is 7.27. The predicted molar refractivity (Wildman–Crippen MR) is 84.3 cm³/mol. The lowest BCUT2D eigenvalue weighted by atomic mass is 9.96. The van der Waals surface area contributed by atoms with Crippen LogP contribution in [-0.4, -0.2) is 41.0 Å². The Kier molecular flexibility index (Phi) is 3.87. The van der Waals surface area contributed by atoms with Crippen LogP contribution in [0.3, 0.4) is 0 Å². The zero-order valence-corrected chi connectivity index (χ0v) is 13.6. The molecule has 2 aliphatic rings. The fourth-order valence-corrected chi connectivity index (χ4v) is 3.10. The van der Waals surface area contributed by atoms with E-state index in [4.69, 9.17) is 11.6 Å². The summed E-state index contributed by atoms with van der Waals surface area (Å²) in [7, 11) is 1.89. The third kappa shape index (κ3) is 2.83. The first-order valence-electron chi connectivity index (χ1n) is 7.47. The summed E-state index contributed by atoms with van der Waals surface area (Å²) in [5.74, 6) is 0.179. The molecule has 1 aliphatic heterocycles. The molecule has 1 saturated carbocycles. The summed E-state index contributed by atoms with van der Waals surface area (Å²) < 4.78 is 0. The molecule has 0 bridgehead atoms. The van der Waals surface area contributed by atoms with Crippen LogP contribution in [0.4, 0.5) is 4.79 Å². The molecule has 6 heteroatoms. The Morgan fingerprint density at radius 2 is 1.95 bits per heavy atom. The summed E-state index contributed by atoms with van der Waals surface area (Å²) in [4.78, 5) is 27.9. The van der Waals surface area contributed by atoms with Crippen molar-refractivity contribution in [2.75, 3.05) is 13.7 Å². The van der Waals surface area contributed by atoms with Crippen LogP contribution in [0.1, 0.15) is 25.3 Å². The Morgan fingerprint density at radius 3 is 2.55 bits per heavy atom. The summed E-state index contributed by atoms with van der Waals surface area (Å²) in [5.41, 5.74) is 0.377. The van der Waals surface area contributed by atoms with Gasteiger partial charge >= 0.3 is 6.03 Å². The number of rotatable bonds is 5. The SMILES string of the molecule is CN(Cc1ccc(Cl)cc1)CN1C(=O)N[C@@](C)(C2CC2)C1=O. The normalized spacial score (nSPS) is 25.0. The Balaban J connectivity index is 1.63. The van der Waals surface area contributed by atoms with E-state index in [1.807, 2.05) is 43.1 Å². The molecule has 0 radical (unpaired) electrons. The van der Waals surface area contributed by atoms with Crippen molar-refractivity contribution in [3.05, 3.63) is 34.9 Å². The first kappa shape index (κ1) is 15.3. The molecule has 3 rings (SSSR count). The van der Waals surface area contributed by atoms with Gasteiger partial charge in [-0.05, 0) is 50.4 Å². The van der Waals surface area contributed by atoms with Gasteiger partial charge < -0.3 is 5.32 Å². The lowest BCUT2D eigenvalue weighted by molar-refractivity contribution is -0.132. The van der Waals surface area contributed by atoms with Crippen molar-refractivity contribution in [2.24, 2.45) is 5.92 Å². The van der Waals surface area contributed by atoms with Gasteiger partial charge in [0.25, 0.3) is 5.91 Å². The Bertz CT molecular complexity index is 600. The first-order valence-corrected chi connectivity index (χ1v) is 7.85. The van der Waals surface area contributed by atoms with E-state index in [2.05, 4.69) is 5.32 Å². The molecular formula is C16H20ClN3O2. The molecule has 1 aromatic carbocycles. The van der Waals surface area contributed by atoms with Gasteiger partial charge in [-0.1, -0.05) is 23.7 Å². The minimum atomic E-state index is -0.710. The monoisotopic (exact) mass is 321 g/mol. The molecular weight excluding hydrogens is 302 g/mol. The van der Waals surface area contributed by atoms with Gasteiger partial charge in [-0.2, -0.15) is 0 Å². The highest BCUT2D eigenvalue weighted by atomic mass is 35.5. The molecule has 1 atom stereocenters. The largest absolute Gasteiger partial charge is 0.326 e. The third-order valence-electron chi connectivity index (χ3n) is 4.44. The Labute approximate surface area is 135 Å². The van der Waals surface area contributed by atoms with E-state index in [1.54, 1.807) is 0 Å². The molecule has 2 fully saturated rings. The molecule has 1 aromatic rings. The second-order valence-corrected chi connectivity index (χ2v) is 6.86. The third-order valence-corrected chi connectivity index (χ3v) is 4.70. The highest BCUT2D eigenvalue weighted by Crippen LogP contribution is 2.42. The maximum Gasteiger partial charge on any atom is 0.326 e. The minimum Gasteiger partial charge on any atom is -0.323 e. The molecule has 1 heterocycles. The second kappa shape index (κ2) is 5.56. The molecule has 1 saturated heterocycles. The lowest BCUT2D eigenvalue weighted by Crippen LogP contribution is -2.46. The number of nitrogens with zero attached hydrogens (tertiary/aromatic N) is 2. The van der Waals surface area contributed by atoms with Crippen molar-refractivity contribution in [1.29, 1.82) is 0 Å². The summed E-state index contributed by atoms with van der Waals surface area (Å²) in [6.07, 6.45) is 2.02. The second-order valence-electron chi connectivity index (χ2n) is 6.42. The number of hydrogen-bond donors (Lipinski definition) is 1. The van der Waals surface area contributed by atoms with E-state index in [0.717, 1.165) is 18.4 Å². The minimum absolute atomic E-state index is 0.108. The molecule has 3 amide bonds. The molecule has 0 unspecified atom stereocenters. The first-order chi connectivity index (χ1) is 10.4. The van der Waals surface area contributed by atoms with Crippen molar-refractivity contribution < 1.29 is 9.59 Å². The standard InChI is InChI=1S/C16H20ClN3O2/c1-16(12-5-6-12)14(21)20(15(22)18-16)10-19(2)9-11-3-7-13(17)8-4-11/h3-4,7-8,12H,5-6,9-10H2,1-2H3,(H,18,22)/t16-/m0/s1. The van der Waals surface area contributed by atoms with Crippen molar-refractivity contribution in [3.8, 4) is 0 Å². The van der Waals surface area contributed by atoms with Crippen molar-refractivity contribution >= 4 is 23.5 Å². The van der Waals surface area contributed by atoms with Crippen LogP contribution < -0.4 is 5.32 Å². The van der Waals surface area contributed by atoms with Crippen LogP contribution in [0.25, 0.3) is 0 Å². The van der Waals surface area contributed by atoms with Gasteiger partial charge in [0.1, 0.15) is 5.54 Å². The van der Waals surface area contributed by atoms with Gasteiger partial charge in [0.05, 0.1) is 6.67 Å². The summed E-state index contributed by atoms with van der Waals surface area (Å²) >= 11 is 5.87. The number of carbonyl (C=O) groups is 2. The molecule has 118 valence electrons. The van der Waals surface area contributed by atoms with Crippen molar-refractivity contribution in [2.45, 2.75) is 31.8 Å². The van der Waals surface area contributed by atoms with Gasteiger partial charge in [-0.25, -0.2) is 9.69 Å². The van der Waals surface area contributed by atoms with Gasteiger partial charge in [-0.15, -0.1) is 0 Å². The van der Waals surface area contributed by atoms with Crippen LogP contribution in [0, 0.1) is 5.92 Å². The predicted octanol–water partition coefficient (Wildman–Crippen LogP) is 2.45. The lowest BCUT2D eigenvalue weighted by Gasteiger charge is -2.24. The molecule has 1 N–H and O–H groups in total. The molecule has 0 spiro atoms. The average Bonchev–Trinajstić information content (AvgIpc) is 3.28. The Morgan fingerprint density at radius 1 is 1.32 bits per heavy atom. The van der Waals surface area contributed by atoms with Crippen molar-refractivity contribution in [3.63, 3.8) is 0 Å². The average molecular weight is 322 g/mol. The van der Waals surface area contributed by atoms with E-state index in [9.17, 15) is 9.59 Å². The van der Waals surface area contributed by atoms with E-state index >= 15 is 0 Å². The number of hydrogen-bond acceptors (Lipinski definition) is 3. The molecule has 5 nitrogen and oxygen atoms in total. The fraction of sp³-hybridized carbons (Fsp3) is 0.500. The van der Waals surface area contributed by atoms with Gasteiger partial charge in [0.2, 0.25) is 0 Å². The van der Waals surface area contributed by atoms with Crippen LogP contribution >= 0.6 is 11.6 Å². The number of amides is 3. The number of carbonyl (C=O) groups excluding carboxylic acids is 2. The highest BCUT2D eigenvalue weighted by molar-refractivity contribution is 6.30. The quantitative estimate of drug-likeness (QED) is 0.848. The maximum atomic E-state index is 12.6. The van der Waals surface area contributed by atoms with Crippen LogP contribution in [-0.2, 0) is 11.3 Å². The topological polar surface area (TPSA) is 52.6 Å². The number of halogens is 1. The molecule has 1 aliphatic carbocycles. The van der Waals surface area contributed by atoms with Crippen LogP contribution in [0.15, 0.2) is 24.3 Å². The van der Waals surface area contributed by atoms with E-state index in [0.29, 0.717) is 11.6 Å². The van der Waals surface area contributed by atoms with Crippen LogP contribution in [0.5, 0.6) is 0 Å². The molecule has 22 heavy (non-hydrogen) atoms. The van der Waals surface area contributed by atoms with E-state index in [-0.39, 0.29) is 24.5 Å². The smallest absolute Gasteiger partial charge is 0.323 e. The maximum absolute atomic E-state index is 12.6. The number of urea groups is 1. The van der Waals surface area contributed by atoms with E-state index in [1.165, 1.54) is 4.90 Å².